The molecule has 0 unspecified atom stereocenters. The molecule has 1 heterocycles. The molecule has 1 aliphatic rings. The van der Waals surface area contributed by atoms with E-state index < -0.39 is 0 Å². The van der Waals surface area contributed by atoms with E-state index in [1.807, 2.05) is 24.3 Å². The molecule has 4 heteroatoms. The molecule has 1 aromatic carbocycles. The summed E-state index contributed by atoms with van der Waals surface area (Å²) in [4.78, 5) is 14.0. The van der Waals surface area contributed by atoms with Crippen molar-refractivity contribution in [3.8, 4) is 0 Å². The maximum Gasteiger partial charge on any atom is 0.251 e. The Hall–Kier alpha value is -1.55. The lowest BCUT2D eigenvalue weighted by Gasteiger charge is -2.15. The maximum atomic E-state index is 11.5. The standard InChI is InChI=1S/C14H21N3O/c1-15-14(18)12-5-4-6-13(11-12)16-7-10-17-8-2-3-9-17/h4-6,11,16H,2-3,7-10H2,1H3,(H,15,18). The average molecular weight is 247 g/mol. The Balaban J connectivity index is 1.83. The van der Waals surface area contributed by atoms with Gasteiger partial charge >= 0.3 is 0 Å². The third kappa shape index (κ3) is 3.47. The van der Waals surface area contributed by atoms with E-state index in [-0.39, 0.29) is 5.91 Å². The van der Waals surface area contributed by atoms with E-state index in [1.54, 1.807) is 7.05 Å². The molecule has 1 fully saturated rings. The van der Waals surface area contributed by atoms with Crippen LogP contribution in [-0.4, -0.2) is 44.0 Å². The van der Waals surface area contributed by atoms with Crippen LogP contribution in [0.2, 0.25) is 0 Å². The van der Waals surface area contributed by atoms with Crippen molar-refractivity contribution in [2.24, 2.45) is 0 Å². The van der Waals surface area contributed by atoms with Gasteiger partial charge in [0, 0.05) is 31.4 Å². The van der Waals surface area contributed by atoms with Crippen LogP contribution in [0.1, 0.15) is 23.2 Å². The summed E-state index contributed by atoms with van der Waals surface area (Å²) in [6.45, 7) is 4.45. The molecule has 1 amide bonds. The number of anilines is 1. The van der Waals surface area contributed by atoms with Gasteiger partial charge in [-0.25, -0.2) is 0 Å². The normalized spacial score (nSPS) is 15.6. The highest BCUT2D eigenvalue weighted by molar-refractivity contribution is 5.94. The first kappa shape index (κ1) is 12.9. The van der Waals surface area contributed by atoms with Crippen LogP contribution in [0.3, 0.4) is 0 Å². The first-order chi connectivity index (χ1) is 8.79. The molecular formula is C14H21N3O. The zero-order valence-electron chi connectivity index (χ0n) is 10.9. The molecule has 0 atom stereocenters. The van der Waals surface area contributed by atoms with E-state index in [0.29, 0.717) is 5.56 Å². The molecule has 2 N–H and O–H groups in total. The Morgan fingerprint density at radius 2 is 2.11 bits per heavy atom. The minimum atomic E-state index is -0.0433. The second-order valence-electron chi connectivity index (χ2n) is 4.64. The van der Waals surface area contributed by atoms with Gasteiger partial charge in [0.2, 0.25) is 0 Å². The van der Waals surface area contributed by atoms with Gasteiger partial charge in [0.1, 0.15) is 0 Å². The maximum absolute atomic E-state index is 11.5. The lowest BCUT2D eigenvalue weighted by Crippen LogP contribution is -2.26. The summed E-state index contributed by atoms with van der Waals surface area (Å²) < 4.78 is 0. The highest BCUT2D eigenvalue weighted by atomic mass is 16.1. The molecule has 18 heavy (non-hydrogen) atoms. The van der Waals surface area contributed by atoms with E-state index in [0.717, 1.165) is 18.8 Å². The molecule has 2 rings (SSSR count). The van der Waals surface area contributed by atoms with Crippen LogP contribution in [0.5, 0.6) is 0 Å². The van der Waals surface area contributed by atoms with Crippen molar-refractivity contribution in [1.82, 2.24) is 10.2 Å². The highest BCUT2D eigenvalue weighted by Crippen LogP contribution is 2.11. The van der Waals surface area contributed by atoms with Crippen molar-refractivity contribution < 1.29 is 4.79 Å². The van der Waals surface area contributed by atoms with Gasteiger partial charge in [0.05, 0.1) is 0 Å². The van der Waals surface area contributed by atoms with Gasteiger partial charge < -0.3 is 15.5 Å². The number of likely N-dealkylation sites (tertiary alicyclic amines) is 1. The van der Waals surface area contributed by atoms with Gasteiger partial charge in [0.15, 0.2) is 0 Å². The summed E-state index contributed by atoms with van der Waals surface area (Å²) in [6.07, 6.45) is 2.65. The monoisotopic (exact) mass is 247 g/mol. The molecular weight excluding hydrogens is 226 g/mol. The van der Waals surface area contributed by atoms with Crippen LogP contribution in [0.4, 0.5) is 5.69 Å². The Bertz CT molecular complexity index is 400. The third-order valence-electron chi connectivity index (χ3n) is 3.31. The predicted octanol–water partition coefficient (Wildman–Crippen LogP) is 1.55. The SMILES string of the molecule is CNC(=O)c1cccc(NCCN2CCCC2)c1. The van der Waals surface area contributed by atoms with Gasteiger partial charge in [-0.15, -0.1) is 0 Å². The number of hydrogen-bond acceptors (Lipinski definition) is 3. The number of carbonyl (C=O) groups excluding carboxylic acids is 1. The highest BCUT2D eigenvalue weighted by Gasteiger charge is 2.10. The largest absolute Gasteiger partial charge is 0.384 e. The first-order valence-electron chi connectivity index (χ1n) is 6.58. The predicted molar refractivity (Wildman–Crippen MR) is 74.0 cm³/mol. The number of carbonyl (C=O) groups is 1. The van der Waals surface area contributed by atoms with Crippen LogP contribution >= 0.6 is 0 Å². The van der Waals surface area contributed by atoms with Gasteiger partial charge in [-0.3, -0.25) is 4.79 Å². The van der Waals surface area contributed by atoms with Gasteiger partial charge in [-0.05, 0) is 44.1 Å². The van der Waals surface area contributed by atoms with Crippen molar-refractivity contribution in [2.75, 3.05) is 38.5 Å². The van der Waals surface area contributed by atoms with Crippen LogP contribution in [-0.2, 0) is 0 Å². The van der Waals surface area contributed by atoms with Crippen molar-refractivity contribution in [2.45, 2.75) is 12.8 Å². The van der Waals surface area contributed by atoms with E-state index in [4.69, 9.17) is 0 Å². The van der Waals surface area contributed by atoms with Gasteiger partial charge in [-0.1, -0.05) is 6.07 Å². The molecule has 1 aliphatic heterocycles. The van der Waals surface area contributed by atoms with Crippen LogP contribution < -0.4 is 10.6 Å². The molecule has 0 radical (unpaired) electrons. The summed E-state index contributed by atoms with van der Waals surface area (Å²) in [6, 6.07) is 7.62. The molecule has 0 aliphatic carbocycles. The minimum Gasteiger partial charge on any atom is -0.384 e. The first-order valence-corrected chi connectivity index (χ1v) is 6.58. The summed E-state index contributed by atoms with van der Waals surface area (Å²) in [5.74, 6) is -0.0433. The summed E-state index contributed by atoms with van der Waals surface area (Å²) in [5.41, 5.74) is 1.71. The fourth-order valence-electron chi connectivity index (χ4n) is 2.28. The lowest BCUT2D eigenvalue weighted by molar-refractivity contribution is 0.0963. The molecule has 1 aromatic rings. The Kier molecular flexibility index (Phi) is 4.59. The quantitative estimate of drug-likeness (QED) is 0.830. The molecule has 1 saturated heterocycles. The molecule has 0 saturated carbocycles. The molecule has 0 aromatic heterocycles. The van der Waals surface area contributed by atoms with Gasteiger partial charge in [-0.2, -0.15) is 0 Å². The van der Waals surface area contributed by atoms with Crippen molar-refractivity contribution >= 4 is 11.6 Å². The Morgan fingerprint density at radius 1 is 1.33 bits per heavy atom. The summed E-state index contributed by atoms with van der Waals surface area (Å²) >= 11 is 0. The molecule has 0 bridgehead atoms. The second kappa shape index (κ2) is 6.40. The Labute approximate surface area is 108 Å². The van der Waals surface area contributed by atoms with Crippen LogP contribution in [0.25, 0.3) is 0 Å². The lowest BCUT2D eigenvalue weighted by atomic mass is 10.2. The number of amides is 1. The van der Waals surface area contributed by atoms with Crippen LogP contribution in [0, 0.1) is 0 Å². The second-order valence-corrected chi connectivity index (χ2v) is 4.64. The third-order valence-corrected chi connectivity index (χ3v) is 3.31. The topological polar surface area (TPSA) is 44.4 Å². The number of rotatable bonds is 5. The minimum absolute atomic E-state index is 0.0433. The number of hydrogen-bond donors (Lipinski definition) is 2. The van der Waals surface area contributed by atoms with Crippen molar-refractivity contribution in [1.29, 1.82) is 0 Å². The van der Waals surface area contributed by atoms with Crippen LogP contribution in [0.15, 0.2) is 24.3 Å². The van der Waals surface area contributed by atoms with Crippen molar-refractivity contribution in [3.63, 3.8) is 0 Å². The summed E-state index contributed by atoms with van der Waals surface area (Å²) in [7, 11) is 1.65. The van der Waals surface area contributed by atoms with E-state index in [2.05, 4.69) is 15.5 Å². The number of nitrogens with zero attached hydrogens (tertiary/aromatic N) is 1. The zero-order valence-corrected chi connectivity index (χ0v) is 10.9. The number of benzene rings is 1. The van der Waals surface area contributed by atoms with Gasteiger partial charge in [0.25, 0.3) is 5.91 Å². The zero-order chi connectivity index (χ0) is 12.8. The number of nitrogens with one attached hydrogen (secondary N) is 2. The smallest absolute Gasteiger partial charge is 0.251 e. The Morgan fingerprint density at radius 3 is 2.83 bits per heavy atom. The molecule has 98 valence electrons. The molecule has 4 nitrogen and oxygen atoms in total. The van der Waals surface area contributed by atoms with E-state index in [1.165, 1.54) is 25.9 Å². The van der Waals surface area contributed by atoms with Crippen molar-refractivity contribution in [3.05, 3.63) is 29.8 Å². The van der Waals surface area contributed by atoms with E-state index >= 15 is 0 Å². The summed E-state index contributed by atoms with van der Waals surface area (Å²) in [5, 5.41) is 6.00. The fraction of sp³-hybridized carbons (Fsp3) is 0.500. The average Bonchev–Trinajstić information content (AvgIpc) is 2.91. The van der Waals surface area contributed by atoms with E-state index in [9.17, 15) is 4.79 Å². The molecule has 0 spiro atoms. The fourth-order valence-corrected chi connectivity index (χ4v) is 2.28.